The first-order valence-electron chi connectivity index (χ1n) is 15.0. The lowest BCUT2D eigenvalue weighted by Crippen LogP contribution is -2.70. The van der Waals surface area contributed by atoms with Gasteiger partial charge in [-0.3, -0.25) is 24.2 Å². The van der Waals surface area contributed by atoms with E-state index in [0.717, 1.165) is 0 Å². The smallest absolute Gasteiger partial charge is 0.416 e. The van der Waals surface area contributed by atoms with Crippen LogP contribution in [0.15, 0.2) is 59.1 Å². The second-order valence-electron chi connectivity index (χ2n) is 13.2. The molecule has 7 rings (SSSR count). The molecule has 12 heteroatoms. The number of ether oxygens (including phenoxy) is 1. The first-order chi connectivity index (χ1) is 21.7. The van der Waals surface area contributed by atoms with Gasteiger partial charge in [0.25, 0.3) is 11.8 Å². The summed E-state index contributed by atoms with van der Waals surface area (Å²) in [6.45, 7) is 5.74. The van der Waals surface area contributed by atoms with E-state index in [4.69, 9.17) is 27.9 Å². The molecule has 1 N–H and O–H groups in total. The van der Waals surface area contributed by atoms with Gasteiger partial charge >= 0.3 is 6.09 Å². The molecule has 4 heterocycles. The quantitative estimate of drug-likeness (QED) is 0.303. The topological polar surface area (TPSA) is 99.3 Å². The molecule has 4 amide bonds. The fourth-order valence-corrected chi connectivity index (χ4v) is 9.14. The maximum atomic E-state index is 14.6. The average molecular weight is 726 g/mol. The molecule has 0 aliphatic carbocycles. The van der Waals surface area contributed by atoms with Crippen LogP contribution in [0.3, 0.4) is 0 Å². The number of imide groups is 1. The Labute approximate surface area is 284 Å². The Hall–Kier alpha value is -3.60. The van der Waals surface area contributed by atoms with Crippen LogP contribution in [0.1, 0.15) is 65.5 Å². The minimum absolute atomic E-state index is 0.0245. The highest BCUT2D eigenvalue weighted by Crippen LogP contribution is 2.66. The third kappa shape index (κ3) is 4.12. The fourth-order valence-electron chi connectivity index (χ4n) is 8.16. The van der Waals surface area contributed by atoms with Crippen LogP contribution < -0.4 is 15.1 Å². The molecule has 4 aliphatic heterocycles. The normalized spacial score (nSPS) is 24.6. The zero-order valence-electron chi connectivity index (χ0n) is 25.6. The van der Waals surface area contributed by atoms with Crippen molar-refractivity contribution < 1.29 is 23.9 Å². The number of halogens is 3. The van der Waals surface area contributed by atoms with Crippen LogP contribution in [-0.4, -0.2) is 60.6 Å². The van der Waals surface area contributed by atoms with E-state index >= 15 is 0 Å². The number of nitrogens with zero attached hydrogens (tertiary/aromatic N) is 3. The number of amides is 4. The molecule has 9 nitrogen and oxygen atoms in total. The van der Waals surface area contributed by atoms with Crippen LogP contribution in [0.25, 0.3) is 0 Å². The summed E-state index contributed by atoms with van der Waals surface area (Å²) in [5.74, 6) is -1.03. The number of fused-ring (bicyclic) bond motifs is 7. The molecule has 1 saturated heterocycles. The molecule has 46 heavy (non-hydrogen) atoms. The Morgan fingerprint density at radius 3 is 2.30 bits per heavy atom. The summed E-state index contributed by atoms with van der Waals surface area (Å²) in [5, 5.41) is 3.78. The number of carbonyl (C=O) groups is 4. The van der Waals surface area contributed by atoms with Crippen molar-refractivity contribution in [1.82, 2.24) is 10.2 Å². The van der Waals surface area contributed by atoms with Gasteiger partial charge in [0.2, 0.25) is 5.91 Å². The van der Waals surface area contributed by atoms with E-state index < -0.39 is 40.5 Å². The zero-order valence-corrected chi connectivity index (χ0v) is 28.7. The SMILES string of the molecule is CN1c2c(Cl)cc(Cl)cc2[C@]2(CCN3C(=O)c4ccccc4C3=O)[C@H]1N(C(=O)OC(C)(C)C)c1cc(Br)ccc1[C@]21CCNC1=O. The molecule has 3 aromatic carbocycles. The van der Waals surface area contributed by atoms with Crippen molar-refractivity contribution in [3.05, 3.63) is 91.4 Å². The highest BCUT2D eigenvalue weighted by Gasteiger charge is 2.72. The lowest BCUT2D eigenvalue weighted by Gasteiger charge is -2.57. The highest BCUT2D eigenvalue weighted by atomic mass is 79.9. The molecule has 1 spiro atoms. The number of likely N-dealkylation sites (N-methyl/N-ethyl adjacent to an activating group) is 1. The van der Waals surface area contributed by atoms with Crippen LogP contribution >= 0.6 is 39.1 Å². The van der Waals surface area contributed by atoms with Gasteiger partial charge in [-0.25, -0.2) is 4.79 Å². The summed E-state index contributed by atoms with van der Waals surface area (Å²) >= 11 is 17.2. The number of rotatable bonds is 3. The minimum Gasteiger partial charge on any atom is -0.443 e. The minimum atomic E-state index is -1.24. The van der Waals surface area contributed by atoms with Crippen molar-refractivity contribution >= 4 is 74.3 Å². The summed E-state index contributed by atoms with van der Waals surface area (Å²) in [6, 6.07) is 15.7. The summed E-state index contributed by atoms with van der Waals surface area (Å²) in [6.07, 6.45) is -0.955. The van der Waals surface area contributed by atoms with Crippen molar-refractivity contribution in [3.8, 4) is 0 Å². The second kappa shape index (κ2) is 10.5. The number of anilines is 2. The Bertz CT molecular complexity index is 1840. The molecular formula is C34H31BrCl2N4O5. The fraction of sp³-hybridized carbons (Fsp3) is 0.353. The third-order valence-corrected chi connectivity index (χ3v) is 10.7. The molecule has 4 aliphatic rings. The number of carbonyl (C=O) groups excluding carboxylic acids is 4. The van der Waals surface area contributed by atoms with E-state index in [9.17, 15) is 19.2 Å². The molecule has 0 unspecified atom stereocenters. The van der Waals surface area contributed by atoms with Crippen molar-refractivity contribution in [2.24, 2.45) is 0 Å². The van der Waals surface area contributed by atoms with Gasteiger partial charge in [0.15, 0.2) is 0 Å². The van der Waals surface area contributed by atoms with Crippen LogP contribution in [0.2, 0.25) is 10.0 Å². The predicted octanol–water partition coefficient (Wildman–Crippen LogP) is 6.67. The summed E-state index contributed by atoms with van der Waals surface area (Å²) in [5.41, 5.74) is -0.227. The number of nitrogens with one attached hydrogen (secondary N) is 1. The van der Waals surface area contributed by atoms with Gasteiger partial charge in [-0.2, -0.15) is 0 Å². The van der Waals surface area contributed by atoms with E-state index in [1.54, 1.807) is 62.1 Å². The number of hydrogen-bond donors (Lipinski definition) is 1. The van der Waals surface area contributed by atoms with E-state index in [1.165, 1.54) is 4.90 Å². The van der Waals surface area contributed by atoms with Gasteiger partial charge < -0.3 is 15.0 Å². The molecule has 3 aromatic rings. The molecular weight excluding hydrogens is 695 g/mol. The van der Waals surface area contributed by atoms with Gasteiger partial charge in [-0.15, -0.1) is 0 Å². The number of benzene rings is 3. The Balaban J connectivity index is 1.51. The third-order valence-electron chi connectivity index (χ3n) is 9.73. The van der Waals surface area contributed by atoms with Gasteiger partial charge in [0, 0.05) is 29.6 Å². The van der Waals surface area contributed by atoms with E-state index in [0.29, 0.717) is 61.1 Å². The molecule has 0 aromatic heterocycles. The van der Waals surface area contributed by atoms with Gasteiger partial charge in [0.1, 0.15) is 11.8 Å². The molecule has 1 fully saturated rings. The van der Waals surface area contributed by atoms with Gasteiger partial charge in [0.05, 0.1) is 38.4 Å². The van der Waals surface area contributed by atoms with Crippen molar-refractivity contribution in [2.45, 2.75) is 56.2 Å². The summed E-state index contributed by atoms with van der Waals surface area (Å²) in [7, 11) is 1.83. The Morgan fingerprint density at radius 1 is 1.02 bits per heavy atom. The molecule has 0 bridgehead atoms. The molecule has 0 saturated carbocycles. The monoisotopic (exact) mass is 724 g/mol. The highest BCUT2D eigenvalue weighted by molar-refractivity contribution is 9.10. The molecule has 238 valence electrons. The Kier molecular flexibility index (Phi) is 7.05. The van der Waals surface area contributed by atoms with E-state index in [1.807, 2.05) is 30.1 Å². The standard InChI is InChI=1S/C34H31BrCl2N4O5/c1-32(2,3)46-31(45)41-25-15-18(35)9-10-22(25)33(11-13-38-29(33)44)34(23-16-19(36)17-24(37)26(23)39(4)30(34)41)12-14-40-27(42)20-7-5-6-8-21(20)28(40)43/h5-10,15-17,30H,11-14H2,1-4H3,(H,38,44)/t30-,33+,34-/m1/s1. The largest absolute Gasteiger partial charge is 0.443 e. The molecule has 0 radical (unpaired) electrons. The summed E-state index contributed by atoms with van der Waals surface area (Å²) in [4.78, 5) is 60.9. The molecule has 3 atom stereocenters. The van der Waals surface area contributed by atoms with Crippen molar-refractivity contribution in [3.63, 3.8) is 0 Å². The van der Waals surface area contributed by atoms with Gasteiger partial charge in [-0.1, -0.05) is 57.3 Å². The second-order valence-corrected chi connectivity index (χ2v) is 15.0. The van der Waals surface area contributed by atoms with Crippen LogP contribution in [0.5, 0.6) is 0 Å². The Morgan fingerprint density at radius 2 is 1.70 bits per heavy atom. The van der Waals surface area contributed by atoms with E-state index in [2.05, 4.69) is 21.2 Å². The van der Waals surface area contributed by atoms with Crippen molar-refractivity contribution in [1.29, 1.82) is 0 Å². The predicted molar refractivity (Wildman–Crippen MR) is 179 cm³/mol. The first-order valence-corrected chi connectivity index (χ1v) is 16.6. The summed E-state index contributed by atoms with van der Waals surface area (Å²) < 4.78 is 6.74. The van der Waals surface area contributed by atoms with Crippen LogP contribution in [0, 0.1) is 0 Å². The average Bonchev–Trinajstić information content (AvgIpc) is 3.56. The maximum Gasteiger partial charge on any atom is 0.416 e. The zero-order chi connectivity index (χ0) is 32.9. The van der Waals surface area contributed by atoms with Crippen molar-refractivity contribution in [2.75, 3.05) is 29.9 Å². The number of hydrogen-bond acceptors (Lipinski definition) is 6. The first kappa shape index (κ1) is 31.0. The van der Waals surface area contributed by atoms with E-state index in [-0.39, 0.29) is 18.9 Å². The van der Waals surface area contributed by atoms with Crippen LogP contribution in [0.4, 0.5) is 16.2 Å². The van der Waals surface area contributed by atoms with Gasteiger partial charge in [-0.05, 0) is 81.1 Å². The maximum absolute atomic E-state index is 14.6. The lowest BCUT2D eigenvalue weighted by molar-refractivity contribution is -0.127. The van der Waals surface area contributed by atoms with Crippen LogP contribution in [-0.2, 0) is 20.4 Å². The lowest BCUT2D eigenvalue weighted by atomic mass is 9.51.